The molecule has 0 radical (unpaired) electrons. The first-order chi connectivity index (χ1) is 15.3. The zero-order valence-corrected chi connectivity index (χ0v) is 19.5. The highest BCUT2D eigenvalue weighted by molar-refractivity contribution is 7.77. The van der Waals surface area contributed by atoms with Crippen molar-refractivity contribution < 1.29 is 9.84 Å². The summed E-state index contributed by atoms with van der Waals surface area (Å²) in [6.07, 6.45) is 2.82. The Morgan fingerprint density at radius 3 is 2.47 bits per heavy atom. The Balaban J connectivity index is 0.000000567. The van der Waals surface area contributed by atoms with Gasteiger partial charge in [-0.2, -0.15) is 5.26 Å². The number of aromatic nitrogens is 1. The van der Waals surface area contributed by atoms with E-state index in [9.17, 15) is 10.4 Å². The predicted molar refractivity (Wildman–Crippen MR) is 128 cm³/mol. The van der Waals surface area contributed by atoms with Gasteiger partial charge in [0.2, 0.25) is 0 Å². The summed E-state index contributed by atoms with van der Waals surface area (Å²) in [7, 11) is 3.73. The normalized spacial score (nSPS) is 25.2. The van der Waals surface area contributed by atoms with Crippen molar-refractivity contribution in [3.63, 3.8) is 0 Å². The van der Waals surface area contributed by atoms with Crippen LogP contribution in [0.1, 0.15) is 41.1 Å². The van der Waals surface area contributed by atoms with Gasteiger partial charge in [0.05, 0.1) is 16.7 Å². The number of ether oxygens (including phenoxy) is 1. The molecule has 1 saturated carbocycles. The molecule has 0 bridgehead atoms. The number of benzene rings is 2. The molecule has 0 amide bonds. The minimum atomic E-state index is -1.28. The molecule has 1 aromatic heterocycles. The number of nitrogens with zero attached hydrogens (tertiary/aromatic N) is 3. The molecule has 5 rings (SSSR count). The maximum Gasteiger partial charge on any atom is 0.175 e. The lowest BCUT2D eigenvalue weighted by Crippen LogP contribution is -2.48. The molecule has 164 valence electrons. The number of hydrogen-bond acceptors (Lipinski definition) is 6. The second-order valence-electron chi connectivity index (χ2n) is 8.24. The molecule has 7 heteroatoms. The van der Waals surface area contributed by atoms with Gasteiger partial charge >= 0.3 is 0 Å². The molecule has 2 heterocycles. The van der Waals surface area contributed by atoms with Crippen LogP contribution in [0.2, 0.25) is 5.02 Å². The summed E-state index contributed by atoms with van der Waals surface area (Å²) in [5.41, 5.74) is 0.717. The lowest BCUT2D eigenvalue weighted by Gasteiger charge is -2.39. The predicted octanol–water partition coefficient (Wildman–Crippen LogP) is 5.05. The van der Waals surface area contributed by atoms with E-state index in [4.69, 9.17) is 16.3 Å². The average molecular weight is 466 g/mol. The fraction of sp³-hybridized carbons (Fsp3) is 0.280. The first-order valence-electron chi connectivity index (χ1n) is 10.3. The minimum Gasteiger partial charge on any atom is -0.476 e. The summed E-state index contributed by atoms with van der Waals surface area (Å²) in [5.74, 6) is 0.444. The van der Waals surface area contributed by atoms with Crippen molar-refractivity contribution in [3.05, 3.63) is 94.3 Å². The molecule has 1 fully saturated rings. The van der Waals surface area contributed by atoms with E-state index in [1.165, 1.54) is 0 Å². The molecular formula is C25H24ClN3O2S. The first-order valence-corrected chi connectivity index (χ1v) is 11.1. The van der Waals surface area contributed by atoms with Crippen LogP contribution in [0.4, 0.5) is 0 Å². The molecule has 1 aliphatic carbocycles. The summed E-state index contributed by atoms with van der Waals surface area (Å²) in [4.78, 5) is 4.45. The molecule has 3 atom stereocenters. The lowest BCUT2D eigenvalue weighted by atomic mass is 9.72. The van der Waals surface area contributed by atoms with E-state index in [1.54, 1.807) is 28.7 Å². The number of aliphatic hydroxyl groups is 1. The number of thiol groups is 1. The Hall–Kier alpha value is -2.56. The van der Waals surface area contributed by atoms with Crippen molar-refractivity contribution in [3.8, 4) is 11.8 Å². The van der Waals surface area contributed by atoms with Crippen molar-refractivity contribution in [2.45, 2.75) is 30.0 Å². The molecule has 3 unspecified atom stereocenters. The number of nitriles is 1. The van der Waals surface area contributed by atoms with Gasteiger partial charge in [-0.3, -0.25) is 9.29 Å². The maximum absolute atomic E-state index is 11.9. The largest absolute Gasteiger partial charge is 0.476 e. The van der Waals surface area contributed by atoms with Gasteiger partial charge in [0.1, 0.15) is 11.4 Å². The Labute approximate surface area is 198 Å². The van der Waals surface area contributed by atoms with Crippen molar-refractivity contribution in [1.82, 2.24) is 9.29 Å². The average Bonchev–Trinajstić information content (AvgIpc) is 3.20. The van der Waals surface area contributed by atoms with E-state index < -0.39 is 11.2 Å². The highest BCUT2D eigenvalue weighted by Gasteiger charge is 2.69. The van der Waals surface area contributed by atoms with Crippen LogP contribution in [0.5, 0.6) is 5.75 Å². The molecule has 1 N–H and O–H groups in total. The third-order valence-electron chi connectivity index (χ3n) is 6.03. The Morgan fingerprint density at radius 1 is 1.19 bits per heavy atom. The van der Waals surface area contributed by atoms with Crippen LogP contribution in [0.15, 0.2) is 66.9 Å². The van der Waals surface area contributed by atoms with Crippen LogP contribution >= 0.6 is 24.4 Å². The zero-order chi connectivity index (χ0) is 22.9. The van der Waals surface area contributed by atoms with E-state index in [2.05, 4.69) is 36.0 Å². The standard InChI is InChI=1S/C23H17ClN2O2.C2H7NS/c24-18-12-20-21(26-14-18)22(27)11-10-19(16-4-2-1-3-5-16)23(22,28-20)17-8-6-15(13-25)7-9-17;1-3(2)4/h1-9,12,14,19,27H,10-11H2;4H,1-2H3. The maximum atomic E-state index is 11.9. The summed E-state index contributed by atoms with van der Waals surface area (Å²) < 4.78 is 8.24. The van der Waals surface area contributed by atoms with Gasteiger partial charge in [-0.05, 0) is 50.2 Å². The molecule has 2 aliphatic rings. The third kappa shape index (κ3) is 3.66. The van der Waals surface area contributed by atoms with Crippen LogP contribution in [0.25, 0.3) is 0 Å². The molecule has 32 heavy (non-hydrogen) atoms. The Kier molecular flexibility index (Phi) is 6.19. The van der Waals surface area contributed by atoms with Gasteiger partial charge in [0.15, 0.2) is 11.2 Å². The summed E-state index contributed by atoms with van der Waals surface area (Å²) in [6, 6.07) is 21.2. The molecular weight excluding hydrogens is 442 g/mol. The van der Waals surface area contributed by atoms with Gasteiger partial charge in [-0.1, -0.05) is 66.9 Å². The van der Waals surface area contributed by atoms with Gasteiger partial charge in [0.25, 0.3) is 0 Å². The van der Waals surface area contributed by atoms with Crippen molar-refractivity contribution in [1.29, 1.82) is 5.26 Å². The van der Waals surface area contributed by atoms with Gasteiger partial charge < -0.3 is 9.84 Å². The van der Waals surface area contributed by atoms with Crippen molar-refractivity contribution in [2.24, 2.45) is 0 Å². The van der Waals surface area contributed by atoms with Crippen LogP contribution in [0.3, 0.4) is 0 Å². The van der Waals surface area contributed by atoms with Gasteiger partial charge in [0, 0.05) is 18.2 Å². The SMILES string of the molecule is CN(C)S.N#Cc1ccc(C23Oc4cc(Cl)cnc4C2(O)CCC3c2ccccc2)cc1. The quantitative estimate of drug-likeness (QED) is 0.518. The van der Waals surface area contributed by atoms with Crippen molar-refractivity contribution in [2.75, 3.05) is 14.1 Å². The second-order valence-corrected chi connectivity index (χ2v) is 9.47. The molecule has 1 aliphatic heterocycles. The molecule has 0 saturated heterocycles. The number of halogens is 1. The van der Waals surface area contributed by atoms with E-state index in [1.807, 2.05) is 44.4 Å². The summed E-state index contributed by atoms with van der Waals surface area (Å²) in [5, 5.41) is 21.6. The van der Waals surface area contributed by atoms with Crippen LogP contribution in [-0.4, -0.2) is 28.5 Å². The summed E-state index contributed by atoms with van der Waals surface area (Å²) in [6.45, 7) is 0. The third-order valence-corrected chi connectivity index (χ3v) is 6.23. The number of rotatable bonds is 2. The minimum absolute atomic E-state index is 0.0698. The molecule has 3 aromatic rings. The monoisotopic (exact) mass is 465 g/mol. The topological polar surface area (TPSA) is 69.4 Å². The number of pyridine rings is 1. The second kappa shape index (κ2) is 8.76. The first kappa shape index (κ1) is 22.6. The van der Waals surface area contributed by atoms with Gasteiger partial charge in [-0.25, -0.2) is 0 Å². The fourth-order valence-electron chi connectivity index (χ4n) is 4.84. The number of fused-ring (bicyclic) bond motifs is 3. The molecule has 0 spiro atoms. The fourth-order valence-corrected chi connectivity index (χ4v) is 4.99. The Bertz CT molecular complexity index is 1150. The van der Waals surface area contributed by atoms with E-state index in [0.717, 1.165) is 17.5 Å². The number of hydrogen-bond donors (Lipinski definition) is 2. The molecule has 5 nitrogen and oxygen atoms in total. The van der Waals surface area contributed by atoms with Crippen LogP contribution in [0, 0.1) is 11.3 Å². The highest BCUT2D eigenvalue weighted by atomic mass is 35.5. The molecule has 2 aromatic carbocycles. The summed E-state index contributed by atoms with van der Waals surface area (Å²) >= 11 is 9.95. The highest BCUT2D eigenvalue weighted by Crippen LogP contribution is 2.66. The zero-order valence-electron chi connectivity index (χ0n) is 17.9. The van der Waals surface area contributed by atoms with Gasteiger partial charge in [-0.15, -0.1) is 0 Å². The van der Waals surface area contributed by atoms with Crippen LogP contribution in [-0.2, 0) is 11.2 Å². The smallest absolute Gasteiger partial charge is 0.175 e. The van der Waals surface area contributed by atoms with Crippen molar-refractivity contribution >= 4 is 24.4 Å². The van der Waals surface area contributed by atoms with Crippen LogP contribution < -0.4 is 4.74 Å². The van der Waals surface area contributed by atoms with E-state index >= 15 is 0 Å². The van der Waals surface area contributed by atoms with E-state index in [0.29, 0.717) is 28.5 Å². The van der Waals surface area contributed by atoms with E-state index in [-0.39, 0.29) is 5.92 Å². The lowest BCUT2D eigenvalue weighted by molar-refractivity contribution is -0.107. The Morgan fingerprint density at radius 2 is 1.84 bits per heavy atom.